The molecule has 96 valence electrons. The quantitative estimate of drug-likeness (QED) is 0.743. The lowest BCUT2D eigenvalue weighted by Gasteiger charge is -2.20. The van der Waals surface area contributed by atoms with Crippen molar-refractivity contribution in [2.45, 2.75) is 13.3 Å². The van der Waals surface area contributed by atoms with Crippen LogP contribution in [-0.2, 0) is 4.74 Å². The fourth-order valence-corrected chi connectivity index (χ4v) is 1.37. The number of nitriles is 1. The van der Waals surface area contributed by atoms with Crippen molar-refractivity contribution in [2.75, 3.05) is 26.8 Å². The van der Waals surface area contributed by atoms with Gasteiger partial charge < -0.3 is 9.64 Å². The van der Waals surface area contributed by atoms with E-state index in [0.29, 0.717) is 19.7 Å². The largest absolute Gasteiger partial charge is 0.383 e. The minimum Gasteiger partial charge on any atom is -0.383 e. The van der Waals surface area contributed by atoms with Crippen molar-refractivity contribution in [3.05, 3.63) is 23.8 Å². The SMILES string of the molecule is COCCN(CCC#N)C(=O)c1cnc(C)cn1. The van der Waals surface area contributed by atoms with Gasteiger partial charge in [-0.05, 0) is 6.92 Å². The minimum atomic E-state index is -0.227. The van der Waals surface area contributed by atoms with Gasteiger partial charge in [0.05, 0.1) is 31.0 Å². The summed E-state index contributed by atoms with van der Waals surface area (Å²) in [5, 5.41) is 8.58. The maximum Gasteiger partial charge on any atom is 0.274 e. The Balaban J connectivity index is 2.74. The summed E-state index contributed by atoms with van der Waals surface area (Å²) in [6, 6.07) is 2.02. The maximum absolute atomic E-state index is 12.1. The predicted octanol–water partition coefficient (Wildman–Crippen LogP) is 0.787. The molecule has 0 N–H and O–H groups in total. The first-order chi connectivity index (χ1) is 8.69. The Bertz CT molecular complexity index is 425. The molecule has 18 heavy (non-hydrogen) atoms. The van der Waals surface area contributed by atoms with E-state index in [1.54, 1.807) is 25.1 Å². The summed E-state index contributed by atoms with van der Waals surface area (Å²) in [7, 11) is 1.57. The van der Waals surface area contributed by atoms with Crippen LogP contribution in [0.4, 0.5) is 0 Å². The van der Waals surface area contributed by atoms with Gasteiger partial charge >= 0.3 is 0 Å². The molecule has 0 saturated heterocycles. The topological polar surface area (TPSA) is 79.1 Å². The molecule has 1 aromatic rings. The number of methoxy groups -OCH3 is 1. The van der Waals surface area contributed by atoms with Crippen LogP contribution in [0.5, 0.6) is 0 Å². The lowest BCUT2D eigenvalue weighted by atomic mass is 10.3. The zero-order valence-corrected chi connectivity index (χ0v) is 10.6. The van der Waals surface area contributed by atoms with Gasteiger partial charge in [0.1, 0.15) is 5.69 Å². The summed E-state index contributed by atoms with van der Waals surface area (Å²) in [4.78, 5) is 21.7. The first-order valence-electron chi connectivity index (χ1n) is 5.63. The Kier molecular flexibility index (Phi) is 5.74. The molecular formula is C12H16N4O2. The van der Waals surface area contributed by atoms with E-state index in [9.17, 15) is 4.79 Å². The van der Waals surface area contributed by atoms with Crippen molar-refractivity contribution in [1.82, 2.24) is 14.9 Å². The van der Waals surface area contributed by atoms with Crippen LogP contribution in [0.25, 0.3) is 0 Å². The molecule has 0 aromatic carbocycles. The highest BCUT2D eigenvalue weighted by molar-refractivity contribution is 5.92. The van der Waals surface area contributed by atoms with Crippen LogP contribution < -0.4 is 0 Å². The second-order valence-corrected chi connectivity index (χ2v) is 3.74. The molecular weight excluding hydrogens is 232 g/mol. The maximum atomic E-state index is 12.1. The summed E-state index contributed by atoms with van der Waals surface area (Å²) in [6.07, 6.45) is 3.28. The van der Waals surface area contributed by atoms with Gasteiger partial charge in [-0.25, -0.2) is 4.98 Å². The summed E-state index contributed by atoms with van der Waals surface area (Å²) < 4.78 is 4.94. The molecule has 0 aliphatic rings. The summed E-state index contributed by atoms with van der Waals surface area (Å²) >= 11 is 0. The second kappa shape index (κ2) is 7.35. The van der Waals surface area contributed by atoms with E-state index in [1.165, 1.54) is 6.20 Å². The Morgan fingerprint density at radius 3 is 2.78 bits per heavy atom. The fraction of sp³-hybridized carbons (Fsp3) is 0.500. The van der Waals surface area contributed by atoms with Crippen LogP contribution in [0, 0.1) is 18.3 Å². The molecule has 6 heteroatoms. The van der Waals surface area contributed by atoms with E-state index in [4.69, 9.17) is 10.00 Å². The molecule has 1 aromatic heterocycles. The monoisotopic (exact) mass is 248 g/mol. The standard InChI is InChI=1S/C12H16N4O2/c1-10-8-15-11(9-14-10)12(17)16(5-3-4-13)6-7-18-2/h8-9H,3,5-7H2,1-2H3. The summed E-state index contributed by atoms with van der Waals surface area (Å²) in [6.45, 7) is 3.04. The third-order valence-corrected chi connectivity index (χ3v) is 2.35. The van der Waals surface area contributed by atoms with Crippen molar-refractivity contribution in [1.29, 1.82) is 5.26 Å². The zero-order valence-electron chi connectivity index (χ0n) is 10.6. The van der Waals surface area contributed by atoms with Crippen LogP contribution in [0.3, 0.4) is 0 Å². The van der Waals surface area contributed by atoms with Gasteiger partial charge in [0, 0.05) is 26.4 Å². The van der Waals surface area contributed by atoms with Gasteiger partial charge in [-0.2, -0.15) is 5.26 Å². The second-order valence-electron chi connectivity index (χ2n) is 3.74. The molecule has 0 aliphatic heterocycles. The number of carbonyl (C=O) groups is 1. The van der Waals surface area contributed by atoms with Crippen molar-refractivity contribution in [3.63, 3.8) is 0 Å². The average Bonchev–Trinajstić information content (AvgIpc) is 2.39. The Labute approximate surface area is 106 Å². The molecule has 1 amide bonds. The third kappa shape index (κ3) is 4.11. The number of rotatable bonds is 6. The number of aryl methyl sites for hydroxylation is 1. The Hall–Kier alpha value is -2.00. The fourth-order valence-electron chi connectivity index (χ4n) is 1.37. The highest BCUT2D eigenvalue weighted by atomic mass is 16.5. The lowest BCUT2D eigenvalue weighted by molar-refractivity contribution is 0.0693. The molecule has 0 saturated carbocycles. The molecule has 1 heterocycles. The smallest absolute Gasteiger partial charge is 0.274 e. The number of carbonyl (C=O) groups excluding carboxylic acids is 1. The third-order valence-electron chi connectivity index (χ3n) is 2.35. The highest BCUT2D eigenvalue weighted by Crippen LogP contribution is 2.02. The van der Waals surface area contributed by atoms with Crippen molar-refractivity contribution < 1.29 is 9.53 Å². The molecule has 6 nitrogen and oxygen atoms in total. The van der Waals surface area contributed by atoms with Crippen LogP contribution in [0.1, 0.15) is 22.6 Å². The molecule has 0 spiro atoms. The number of amides is 1. The van der Waals surface area contributed by atoms with E-state index >= 15 is 0 Å². The molecule has 0 bridgehead atoms. The highest BCUT2D eigenvalue weighted by Gasteiger charge is 2.16. The Morgan fingerprint density at radius 2 is 2.22 bits per heavy atom. The summed E-state index contributed by atoms with van der Waals surface area (Å²) in [5.41, 5.74) is 1.04. The zero-order chi connectivity index (χ0) is 13.4. The lowest BCUT2D eigenvalue weighted by Crippen LogP contribution is -2.35. The first-order valence-corrected chi connectivity index (χ1v) is 5.63. The van der Waals surface area contributed by atoms with E-state index in [2.05, 4.69) is 9.97 Å². The van der Waals surface area contributed by atoms with Gasteiger partial charge in [0.25, 0.3) is 5.91 Å². The molecule has 0 unspecified atom stereocenters. The van der Waals surface area contributed by atoms with Crippen LogP contribution in [0.2, 0.25) is 0 Å². The minimum absolute atomic E-state index is 0.227. The molecule has 0 atom stereocenters. The van der Waals surface area contributed by atoms with Crippen LogP contribution in [0.15, 0.2) is 12.4 Å². The van der Waals surface area contributed by atoms with E-state index < -0.39 is 0 Å². The van der Waals surface area contributed by atoms with E-state index in [0.717, 1.165) is 5.69 Å². The van der Waals surface area contributed by atoms with Gasteiger partial charge in [0.15, 0.2) is 0 Å². The number of nitrogens with zero attached hydrogens (tertiary/aromatic N) is 4. The normalized spacial score (nSPS) is 9.83. The molecule has 1 rings (SSSR count). The van der Waals surface area contributed by atoms with Crippen LogP contribution >= 0.6 is 0 Å². The number of hydrogen-bond donors (Lipinski definition) is 0. The van der Waals surface area contributed by atoms with E-state index in [-0.39, 0.29) is 18.0 Å². The summed E-state index contributed by atoms with van der Waals surface area (Å²) in [5.74, 6) is -0.227. The van der Waals surface area contributed by atoms with Gasteiger partial charge in [-0.3, -0.25) is 9.78 Å². The van der Waals surface area contributed by atoms with Crippen LogP contribution in [-0.4, -0.2) is 47.6 Å². The average molecular weight is 248 g/mol. The van der Waals surface area contributed by atoms with Gasteiger partial charge in [-0.1, -0.05) is 0 Å². The molecule has 0 radical (unpaired) electrons. The Morgan fingerprint density at radius 1 is 1.44 bits per heavy atom. The van der Waals surface area contributed by atoms with Crippen molar-refractivity contribution in [2.24, 2.45) is 0 Å². The van der Waals surface area contributed by atoms with Crippen molar-refractivity contribution in [3.8, 4) is 6.07 Å². The number of ether oxygens (including phenoxy) is 1. The predicted molar refractivity (Wildman–Crippen MR) is 64.8 cm³/mol. The molecule has 0 aliphatic carbocycles. The number of hydrogen-bond acceptors (Lipinski definition) is 5. The van der Waals surface area contributed by atoms with E-state index in [1.807, 2.05) is 6.07 Å². The van der Waals surface area contributed by atoms with Gasteiger partial charge in [0.2, 0.25) is 0 Å². The molecule has 0 fully saturated rings. The van der Waals surface area contributed by atoms with Gasteiger partial charge in [-0.15, -0.1) is 0 Å². The number of aromatic nitrogens is 2. The van der Waals surface area contributed by atoms with Crippen molar-refractivity contribution >= 4 is 5.91 Å². The first kappa shape index (κ1) is 14.1.